The van der Waals surface area contributed by atoms with Gasteiger partial charge in [-0.1, -0.05) is 35.0 Å². The minimum atomic E-state index is -0.517. The fraction of sp³-hybridized carbons (Fsp3) is 0.250. The molecule has 112 valence electrons. The molecule has 1 heterocycles. The Morgan fingerprint density at radius 2 is 1.59 bits per heavy atom. The van der Waals surface area contributed by atoms with Gasteiger partial charge in [0.15, 0.2) is 0 Å². The molecule has 0 unspecified atom stereocenters. The summed E-state index contributed by atoms with van der Waals surface area (Å²) in [6.45, 7) is 2.56. The molecule has 4 N–H and O–H groups in total. The fourth-order valence-corrected chi connectivity index (χ4v) is 2.82. The molecule has 1 aliphatic heterocycles. The molecule has 0 atom stereocenters. The van der Waals surface area contributed by atoms with Gasteiger partial charge in [-0.05, 0) is 24.1 Å². The van der Waals surface area contributed by atoms with Gasteiger partial charge in [-0.25, -0.2) is 0 Å². The van der Waals surface area contributed by atoms with Crippen LogP contribution in [0.5, 0.6) is 0 Å². The Bertz CT molecular complexity index is 680. The number of halogens is 1. The maximum atomic E-state index is 9.54. The van der Waals surface area contributed by atoms with E-state index in [0.717, 1.165) is 16.5 Å². The van der Waals surface area contributed by atoms with Crippen molar-refractivity contribution in [3.8, 4) is 12.1 Å². The van der Waals surface area contributed by atoms with Gasteiger partial charge in [0.2, 0.25) is 0 Å². The molecule has 6 heteroatoms. The van der Waals surface area contributed by atoms with Gasteiger partial charge < -0.3 is 16.4 Å². The average molecular weight is 358 g/mol. The smallest absolute Gasteiger partial charge is 0.119 e. The lowest BCUT2D eigenvalue weighted by atomic mass is 9.83. The highest BCUT2D eigenvalue weighted by Crippen LogP contribution is 2.38. The molecule has 1 aromatic carbocycles. The lowest BCUT2D eigenvalue weighted by molar-refractivity contribution is 0.395. The number of allylic oxidation sites excluding steroid dienone is 2. The molecule has 0 spiro atoms. The van der Waals surface area contributed by atoms with E-state index in [1.54, 1.807) is 4.90 Å². The summed E-state index contributed by atoms with van der Waals surface area (Å²) in [5, 5.41) is 19.1. The molecular formula is C16H16BrN5. The van der Waals surface area contributed by atoms with Crippen molar-refractivity contribution in [1.82, 2.24) is 4.90 Å². The Kier molecular flexibility index (Phi) is 4.75. The number of nitriles is 2. The first-order chi connectivity index (χ1) is 10.5. The van der Waals surface area contributed by atoms with Crippen molar-refractivity contribution in [3.05, 3.63) is 57.1 Å². The average Bonchev–Trinajstić information content (AvgIpc) is 2.52. The molecule has 2 rings (SSSR count). The molecule has 5 nitrogen and oxygen atoms in total. The number of nitrogens with two attached hydrogens (primary N) is 2. The van der Waals surface area contributed by atoms with Crippen molar-refractivity contribution >= 4 is 15.9 Å². The summed E-state index contributed by atoms with van der Waals surface area (Å²) in [5.74, 6) is 0.138. The molecule has 0 saturated carbocycles. The SMILES string of the molecule is CCCN1C(N)=C(C#N)C(c2ccc(Br)cc2)C(C#N)=C1N. The van der Waals surface area contributed by atoms with E-state index in [1.807, 2.05) is 31.2 Å². The van der Waals surface area contributed by atoms with Gasteiger partial charge in [-0.15, -0.1) is 0 Å². The Morgan fingerprint density at radius 3 is 2.00 bits per heavy atom. The summed E-state index contributed by atoms with van der Waals surface area (Å²) in [7, 11) is 0. The molecule has 0 amide bonds. The number of hydrogen-bond donors (Lipinski definition) is 2. The quantitative estimate of drug-likeness (QED) is 0.865. The Labute approximate surface area is 138 Å². The van der Waals surface area contributed by atoms with Crippen LogP contribution in [-0.2, 0) is 0 Å². The second-order valence-electron chi connectivity index (χ2n) is 4.96. The van der Waals surface area contributed by atoms with Gasteiger partial charge in [0.05, 0.1) is 29.2 Å². The van der Waals surface area contributed by atoms with Crippen LogP contribution in [0.15, 0.2) is 51.5 Å². The van der Waals surface area contributed by atoms with Crippen LogP contribution in [0.4, 0.5) is 0 Å². The van der Waals surface area contributed by atoms with Gasteiger partial charge >= 0.3 is 0 Å². The highest BCUT2D eigenvalue weighted by Gasteiger charge is 2.34. The lowest BCUT2D eigenvalue weighted by Crippen LogP contribution is -2.38. The second kappa shape index (κ2) is 6.55. The number of benzene rings is 1. The van der Waals surface area contributed by atoms with Gasteiger partial charge in [-0.3, -0.25) is 0 Å². The molecule has 1 aromatic rings. The van der Waals surface area contributed by atoms with Crippen molar-refractivity contribution in [3.63, 3.8) is 0 Å². The van der Waals surface area contributed by atoms with Crippen LogP contribution in [0.25, 0.3) is 0 Å². The van der Waals surface area contributed by atoms with E-state index in [0.29, 0.717) is 29.3 Å². The maximum Gasteiger partial charge on any atom is 0.119 e. The number of nitrogens with zero attached hydrogens (tertiary/aromatic N) is 3. The first-order valence-electron chi connectivity index (χ1n) is 6.87. The van der Waals surface area contributed by atoms with E-state index < -0.39 is 5.92 Å². The van der Waals surface area contributed by atoms with Crippen LogP contribution in [-0.4, -0.2) is 11.4 Å². The van der Waals surface area contributed by atoms with E-state index in [1.165, 1.54) is 0 Å². The molecule has 0 saturated heterocycles. The van der Waals surface area contributed by atoms with Gasteiger partial charge in [-0.2, -0.15) is 10.5 Å². The molecule has 0 radical (unpaired) electrons. The third kappa shape index (κ3) is 2.66. The number of rotatable bonds is 3. The van der Waals surface area contributed by atoms with Crippen molar-refractivity contribution in [2.24, 2.45) is 11.5 Å². The minimum absolute atomic E-state index is 0.328. The summed E-state index contributed by atoms with van der Waals surface area (Å²) in [5.41, 5.74) is 13.8. The zero-order valence-corrected chi connectivity index (χ0v) is 13.8. The molecular weight excluding hydrogens is 342 g/mol. The van der Waals surface area contributed by atoms with Gasteiger partial charge in [0, 0.05) is 11.0 Å². The molecule has 0 aromatic heterocycles. The largest absolute Gasteiger partial charge is 0.384 e. The normalized spacial score (nSPS) is 15.7. The van der Waals surface area contributed by atoms with Crippen LogP contribution in [0.2, 0.25) is 0 Å². The topological polar surface area (TPSA) is 103 Å². The van der Waals surface area contributed by atoms with E-state index in [2.05, 4.69) is 28.1 Å². The van der Waals surface area contributed by atoms with E-state index in [-0.39, 0.29) is 0 Å². The fourth-order valence-electron chi connectivity index (χ4n) is 2.56. The first-order valence-corrected chi connectivity index (χ1v) is 7.66. The lowest BCUT2D eigenvalue weighted by Gasteiger charge is -2.34. The van der Waals surface area contributed by atoms with E-state index in [9.17, 15) is 10.5 Å². The standard InChI is InChI=1S/C16H16BrN5/c1-2-7-22-15(20)12(8-18)14(13(9-19)16(22)21)10-3-5-11(17)6-4-10/h3-6,14H,2,7,20-21H2,1H3. The zero-order chi connectivity index (χ0) is 16.3. The zero-order valence-electron chi connectivity index (χ0n) is 12.2. The predicted molar refractivity (Wildman–Crippen MR) is 87.5 cm³/mol. The molecule has 0 fully saturated rings. The van der Waals surface area contributed by atoms with Gasteiger partial charge in [0.1, 0.15) is 11.6 Å². The second-order valence-corrected chi connectivity index (χ2v) is 5.87. The molecule has 1 aliphatic rings. The van der Waals surface area contributed by atoms with E-state index in [4.69, 9.17) is 11.5 Å². The predicted octanol–water partition coefficient (Wildman–Crippen LogP) is 2.65. The summed E-state index contributed by atoms with van der Waals surface area (Å²) >= 11 is 3.38. The van der Waals surface area contributed by atoms with E-state index >= 15 is 0 Å². The van der Waals surface area contributed by atoms with Crippen LogP contribution in [0.3, 0.4) is 0 Å². The van der Waals surface area contributed by atoms with Gasteiger partial charge in [0.25, 0.3) is 0 Å². The van der Waals surface area contributed by atoms with Crippen molar-refractivity contribution in [1.29, 1.82) is 10.5 Å². The number of hydrogen-bond acceptors (Lipinski definition) is 5. The summed E-state index contributed by atoms with van der Waals surface area (Å²) in [6.07, 6.45) is 0.807. The highest BCUT2D eigenvalue weighted by molar-refractivity contribution is 9.10. The van der Waals surface area contributed by atoms with Crippen LogP contribution in [0, 0.1) is 22.7 Å². The third-order valence-corrected chi connectivity index (χ3v) is 4.13. The highest BCUT2D eigenvalue weighted by atomic mass is 79.9. The van der Waals surface area contributed by atoms with Crippen molar-refractivity contribution < 1.29 is 0 Å². The minimum Gasteiger partial charge on any atom is -0.384 e. The maximum absolute atomic E-state index is 9.54. The molecule has 0 bridgehead atoms. The van der Waals surface area contributed by atoms with Crippen LogP contribution >= 0.6 is 15.9 Å². The van der Waals surface area contributed by atoms with Crippen LogP contribution < -0.4 is 11.5 Å². The van der Waals surface area contributed by atoms with Crippen LogP contribution in [0.1, 0.15) is 24.8 Å². The molecule has 0 aliphatic carbocycles. The Morgan fingerprint density at radius 1 is 1.09 bits per heavy atom. The third-order valence-electron chi connectivity index (χ3n) is 3.60. The van der Waals surface area contributed by atoms with Crippen molar-refractivity contribution in [2.45, 2.75) is 19.3 Å². The van der Waals surface area contributed by atoms with Crippen molar-refractivity contribution in [2.75, 3.05) is 6.54 Å². The summed E-state index contributed by atoms with van der Waals surface area (Å²) < 4.78 is 0.922. The summed E-state index contributed by atoms with van der Waals surface area (Å²) in [4.78, 5) is 1.65. The Balaban J connectivity index is 2.63. The Hall–Kier alpha value is -2.44. The first kappa shape index (κ1) is 15.9. The summed E-state index contributed by atoms with van der Waals surface area (Å²) in [6, 6.07) is 11.8. The monoisotopic (exact) mass is 357 g/mol. The molecule has 22 heavy (non-hydrogen) atoms.